The van der Waals surface area contributed by atoms with E-state index in [1.165, 1.54) is 4.90 Å². The third kappa shape index (κ3) is 4.14. The maximum Gasteiger partial charge on any atom is 0.243 e. The van der Waals surface area contributed by atoms with E-state index in [1.807, 2.05) is 13.8 Å². The van der Waals surface area contributed by atoms with Crippen LogP contribution in [0, 0.1) is 0 Å². The van der Waals surface area contributed by atoms with Gasteiger partial charge in [-0.2, -0.15) is 0 Å². The zero-order valence-electron chi connectivity index (χ0n) is 11.1. The monoisotopic (exact) mass is 277 g/mol. The molecule has 6 heteroatoms. The van der Waals surface area contributed by atoms with E-state index in [-0.39, 0.29) is 30.9 Å². The molecule has 0 aromatic heterocycles. The molecule has 0 saturated heterocycles. The minimum atomic E-state index is -0.794. The Labute approximate surface area is 115 Å². The molecule has 1 saturated carbocycles. The van der Waals surface area contributed by atoms with Crippen molar-refractivity contribution in [3.63, 3.8) is 0 Å². The average molecular weight is 278 g/mol. The zero-order chi connectivity index (χ0) is 13.1. The lowest BCUT2D eigenvalue weighted by molar-refractivity contribution is -0.142. The van der Waals surface area contributed by atoms with Crippen molar-refractivity contribution < 1.29 is 9.59 Å². The lowest BCUT2D eigenvalue weighted by atomic mass is 9.81. The Morgan fingerprint density at radius 2 is 1.72 bits per heavy atom. The summed E-state index contributed by atoms with van der Waals surface area (Å²) in [5.74, 6) is -0.627. The molecule has 1 aliphatic carbocycles. The number of rotatable bonds is 4. The molecule has 106 valence electrons. The molecule has 0 atom stereocenters. The Morgan fingerprint density at radius 1 is 1.22 bits per heavy atom. The Bertz CT molecular complexity index is 302. The Kier molecular flexibility index (Phi) is 6.63. The maximum absolute atomic E-state index is 12.4. The number of nitrogens with two attached hydrogens (primary N) is 2. The van der Waals surface area contributed by atoms with Crippen LogP contribution in [0.2, 0.25) is 0 Å². The third-order valence-electron chi connectivity index (χ3n) is 3.38. The molecule has 0 aromatic carbocycles. The molecule has 4 N–H and O–H groups in total. The van der Waals surface area contributed by atoms with Crippen molar-refractivity contribution >= 4 is 24.2 Å². The molecule has 0 aromatic rings. The van der Waals surface area contributed by atoms with E-state index in [0.29, 0.717) is 12.8 Å². The van der Waals surface area contributed by atoms with Crippen LogP contribution in [0.4, 0.5) is 0 Å². The molecule has 0 spiro atoms. The number of primary amides is 1. The van der Waals surface area contributed by atoms with Crippen LogP contribution in [0.5, 0.6) is 0 Å². The molecule has 0 radical (unpaired) electrons. The summed E-state index contributed by atoms with van der Waals surface area (Å²) in [5.41, 5.74) is 10.5. The molecule has 0 heterocycles. The van der Waals surface area contributed by atoms with Crippen molar-refractivity contribution in [2.45, 2.75) is 57.5 Å². The SMILES string of the molecule is CC(C)N(CC(N)=O)C(=O)C1(N)CCCCC1.Cl. The maximum atomic E-state index is 12.4. The van der Waals surface area contributed by atoms with Crippen molar-refractivity contribution in [1.82, 2.24) is 4.90 Å². The van der Waals surface area contributed by atoms with Crippen LogP contribution in [0.3, 0.4) is 0 Å². The van der Waals surface area contributed by atoms with E-state index in [2.05, 4.69) is 0 Å². The molecular formula is C12H24ClN3O2. The van der Waals surface area contributed by atoms with Crippen molar-refractivity contribution in [2.24, 2.45) is 11.5 Å². The lowest BCUT2D eigenvalue weighted by Gasteiger charge is -2.38. The minimum Gasteiger partial charge on any atom is -0.368 e. The van der Waals surface area contributed by atoms with E-state index < -0.39 is 11.4 Å². The van der Waals surface area contributed by atoms with E-state index in [4.69, 9.17) is 11.5 Å². The van der Waals surface area contributed by atoms with Crippen molar-refractivity contribution in [3.8, 4) is 0 Å². The Morgan fingerprint density at radius 3 is 2.11 bits per heavy atom. The number of halogens is 1. The first kappa shape index (κ1) is 17.2. The molecule has 18 heavy (non-hydrogen) atoms. The summed E-state index contributed by atoms with van der Waals surface area (Å²) >= 11 is 0. The number of carbonyl (C=O) groups is 2. The largest absolute Gasteiger partial charge is 0.368 e. The van der Waals surface area contributed by atoms with Gasteiger partial charge in [-0.1, -0.05) is 19.3 Å². The van der Waals surface area contributed by atoms with Gasteiger partial charge in [-0.3, -0.25) is 9.59 Å². The first-order valence-electron chi connectivity index (χ1n) is 6.25. The van der Waals surface area contributed by atoms with Crippen LogP contribution in [-0.2, 0) is 9.59 Å². The van der Waals surface area contributed by atoms with Crippen LogP contribution >= 0.6 is 12.4 Å². The van der Waals surface area contributed by atoms with Crippen molar-refractivity contribution in [3.05, 3.63) is 0 Å². The van der Waals surface area contributed by atoms with Gasteiger partial charge < -0.3 is 16.4 Å². The Hall–Kier alpha value is -0.810. The molecular weight excluding hydrogens is 254 g/mol. The highest BCUT2D eigenvalue weighted by atomic mass is 35.5. The van der Waals surface area contributed by atoms with E-state index in [9.17, 15) is 9.59 Å². The van der Waals surface area contributed by atoms with Gasteiger partial charge in [0.1, 0.15) is 0 Å². The van der Waals surface area contributed by atoms with Crippen LogP contribution in [0.25, 0.3) is 0 Å². The van der Waals surface area contributed by atoms with Gasteiger partial charge in [-0.15, -0.1) is 12.4 Å². The van der Waals surface area contributed by atoms with Crippen LogP contribution in [0.1, 0.15) is 46.0 Å². The first-order chi connectivity index (χ1) is 7.87. The van der Waals surface area contributed by atoms with Gasteiger partial charge in [0, 0.05) is 6.04 Å². The summed E-state index contributed by atoms with van der Waals surface area (Å²) in [5, 5.41) is 0. The predicted molar refractivity (Wildman–Crippen MR) is 73.3 cm³/mol. The second-order valence-corrected chi connectivity index (χ2v) is 5.21. The first-order valence-corrected chi connectivity index (χ1v) is 6.25. The second-order valence-electron chi connectivity index (χ2n) is 5.21. The normalized spacial score (nSPS) is 18.0. The van der Waals surface area contributed by atoms with Gasteiger partial charge in [0.15, 0.2) is 0 Å². The number of hydrogen-bond acceptors (Lipinski definition) is 3. The van der Waals surface area contributed by atoms with E-state index in [0.717, 1.165) is 19.3 Å². The van der Waals surface area contributed by atoms with Gasteiger partial charge >= 0.3 is 0 Å². The number of hydrogen-bond donors (Lipinski definition) is 2. The molecule has 0 aliphatic heterocycles. The number of amides is 2. The standard InChI is InChI=1S/C12H23N3O2.ClH/c1-9(2)15(8-10(13)16)11(17)12(14)6-4-3-5-7-12;/h9H,3-8,14H2,1-2H3,(H2,13,16);1H. The fourth-order valence-corrected chi connectivity index (χ4v) is 2.34. The molecule has 0 unspecified atom stereocenters. The predicted octanol–water partition coefficient (Wildman–Crippen LogP) is 0.792. The second kappa shape index (κ2) is 6.95. The molecule has 1 rings (SSSR count). The highest BCUT2D eigenvalue weighted by Gasteiger charge is 2.39. The molecule has 5 nitrogen and oxygen atoms in total. The van der Waals surface area contributed by atoms with Crippen molar-refractivity contribution in [1.29, 1.82) is 0 Å². The van der Waals surface area contributed by atoms with Gasteiger partial charge in [-0.25, -0.2) is 0 Å². The summed E-state index contributed by atoms with van der Waals surface area (Å²) in [6, 6.07) is -0.0580. The quantitative estimate of drug-likeness (QED) is 0.796. The average Bonchev–Trinajstić information content (AvgIpc) is 2.25. The zero-order valence-corrected chi connectivity index (χ0v) is 12.0. The fraction of sp³-hybridized carbons (Fsp3) is 0.833. The van der Waals surface area contributed by atoms with Gasteiger partial charge in [-0.05, 0) is 26.7 Å². The summed E-state index contributed by atoms with van der Waals surface area (Å²) in [4.78, 5) is 24.9. The summed E-state index contributed by atoms with van der Waals surface area (Å²) < 4.78 is 0. The van der Waals surface area contributed by atoms with Crippen molar-refractivity contribution in [2.75, 3.05) is 6.54 Å². The van der Waals surface area contributed by atoms with E-state index in [1.54, 1.807) is 0 Å². The highest BCUT2D eigenvalue weighted by molar-refractivity contribution is 5.90. The summed E-state index contributed by atoms with van der Waals surface area (Å²) in [7, 11) is 0. The van der Waals surface area contributed by atoms with Crippen LogP contribution in [-0.4, -0.2) is 34.8 Å². The fourth-order valence-electron chi connectivity index (χ4n) is 2.34. The van der Waals surface area contributed by atoms with Gasteiger partial charge in [0.25, 0.3) is 0 Å². The minimum absolute atomic E-state index is 0. The van der Waals surface area contributed by atoms with Gasteiger partial charge in [0.05, 0.1) is 12.1 Å². The van der Waals surface area contributed by atoms with Crippen LogP contribution in [0.15, 0.2) is 0 Å². The molecule has 2 amide bonds. The smallest absolute Gasteiger partial charge is 0.243 e. The van der Waals surface area contributed by atoms with Crippen LogP contribution < -0.4 is 11.5 Å². The highest BCUT2D eigenvalue weighted by Crippen LogP contribution is 2.28. The van der Waals surface area contributed by atoms with E-state index >= 15 is 0 Å². The molecule has 1 aliphatic rings. The number of carbonyl (C=O) groups excluding carboxylic acids is 2. The topological polar surface area (TPSA) is 89.4 Å². The lowest BCUT2D eigenvalue weighted by Crippen LogP contribution is -2.59. The summed E-state index contributed by atoms with van der Waals surface area (Å²) in [6.07, 6.45) is 4.49. The number of nitrogens with zero attached hydrogens (tertiary/aromatic N) is 1. The molecule has 1 fully saturated rings. The van der Waals surface area contributed by atoms with Gasteiger partial charge in [0.2, 0.25) is 11.8 Å². The molecule has 0 bridgehead atoms. The summed E-state index contributed by atoms with van der Waals surface area (Å²) in [6.45, 7) is 3.69. The third-order valence-corrected chi connectivity index (χ3v) is 3.38. The Balaban J connectivity index is 0.00000289.